The standard InChI is InChI=1S/C36H32N8OS/c1-2-8-32-24(5-1)43-35(46-32)36-44-29-12-10-20(27-18-39-33(41-27)25-6-3-13-37-25)15-22(29)16-30(44)23-11-9-21(17-31(23)45-36)28-19-40-34(42-28)26-7-4-14-38-26/h1-2,5,8-12,15-19,25-26,36-38H,3-4,6-7,13-14H2,(H,39,41)(H,40,42)/t25-,26-,36?/m0/s1. The van der Waals surface area contributed by atoms with Gasteiger partial charge >= 0.3 is 0 Å². The number of fused-ring (bicyclic) bond motifs is 6. The smallest absolute Gasteiger partial charge is 0.229 e. The summed E-state index contributed by atoms with van der Waals surface area (Å²) < 4.78 is 10.4. The lowest BCUT2D eigenvalue weighted by molar-refractivity contribution is 0.173. The quantitative estimate of drug-likeness (QED) is 0.158. The molecule has 9 nitrogen and oxygen atoms in total. The van der Waals surface area contributed by atoms with E-state index < -0.39 is 6.23 Å². The average molecular weight is 625 g/mol. The third-order valence-electron chi connectivity index (χ3n) is 9.68. The van der Waals surface area contributed by atoms with Crippen LogP contribution in [0.2, 0.25) is 0 Å². The molecule has 4 N–H and O–H groups in total. The van der Waals surface area contributed by atoms with E-state index in [1.807, 2.05) is 18.5 Å². The van der Waals surface area contributed by atoms with Crippen molar-refractivity contribution >= 4 is 32.5 Å². The number of ether oxygens (including phenoxy) is 1. The first-order valence-corrected chi connectivity index (χ1v) is 17.0. The van der Waals surface area contributed by atoms with Crippen molar-refractivity contribution in [3.63, 3.8) is 0 Å². The average Bonchev–Trinajstić information content (AvgIpc) is 3.94. The van der Waals surface area contributed by atoms with Crippen LogP contribution in [0.25, 0.3) is 54.9 Å². The van der Waals surface area contributed by atoms with Gasteiger partial charge in [0.05, 0.1) is 57.3 Å². The maximum absolute atomic E-state index is 6.93. The minimum atomic E-state index is -0.397. The fraction of sp³-hybridized carbons (Fsp3) is 0.250. The molecular weight excluding hydrogens is 593 g/mol. The maximum atomic E-state index is 6.93. The number of hydrogen-bond donors (Lipinski definition) is 4. The summed E-state index contributed by atoms with van der Waals surface area (Å²) in [7, 11) is 0. The number of rotatable bonds is 5. The van der Waals surface area contributed by atoms with Gasteiger partial charge in [-0.1, -0.05) is 24.3 Å². The molecule has 3 aliphatic heterocycles. The second kappa shape index (κ2) is 10.4. The molecule has 3 atom stereocenters. The summed E-state index contributed by atoms with van der Waals surface area (Å²) in [6, 6.07) is 24.3. The molecule has 0 radical (unpaired) electrons. The number of H-pyrrole nitrogens is 2. The molecule has 10 heteroatoms. The molecule has 0 saturated carbocycles. The largest absolute Gasteiger partial charge is 0.463 e. The van der Waals surface area contributed by atoms with E-state index in [0.29, 0.717) is 12.1 Å². The number of aromatic amines is 2. The molecule has 0 amide bonds. The van der Waals surface area contributed by atoms with Gasteiger partial charge in [-0.25, -0.2) is 15.0 Å². The first kappa shape index (κ1) is 26.4. The van der Waals surface area contributed by atoms with Crippen molar-refractivity contribution in [3.8, 4) is 39.5 Å². The molecular formula is C36H32N8OS. The van der Waals surface area contributed by atoms with E-state index in [1.54, 1.807) is 11.3 Å². The number of imidazole rings is 2. The highest BCUT2D eigenvalue weighted by atomic mass is 32.1. The van der Waals surface area contributed by atoms with Crippen molar-refractivity contribution in [1.29, 1.82) is 0 Å². The van der Waals surface area contributed by atoms with Gasteiger partial charge in [-0.05, 0) is 81.2 Å². The van der Waals surface area contributed by atoms with Gasteiger partial charge in [0, 0.05) is 22.1 Å². The van der Waals surface area contributed by atoms with Gasteiger partial charge in [0.25, 0.3) is 0 Å². The molecule has 2 fully saturated rings. The minimum absolute atomic E-state index is 0.291. The van der Waals surface area contributed by atoms with E-state index in [2.05, 4.69) is 85.8 Å². The summed E-state index contributed by atoms with van der Waals surface area (Å²) in [5.41, 5.74) is 8.47. The Morgan fingerprint density at radius 2 is 1.50 bits per heavy atom. The number of para-hydroxylation sites is 1. The first-order chi connectivity index (χ1) is 22.7. The zero-order valence-electron chi connectivity index (χ0n) is 25.1. The van der Waals surface area contributed by atoms with E-state index in [9.17, 15) is 0 Å². The maximum Gasteiger partial charge on any atom is 0.229 e. The molecule has 228 valence electrons. The number of nitrogens with zero attached hydrogens (tertiary/aromatic N) is 4. The Balaban J connectivity index is 1.09. The Kier molecular flexibility index (Phi) is 5.97. The third-order valence-corrected chi connectivity index (χ3v) is 10.8. The van der Waals surface area contributed by atoms with Crippen LogP contribution in [0.5, 0.6) is 5.75 Å². The van der Waals surface area contributed by atoms with Crippen LogP contribution in [0, 0.1) is 0 Å². The van der Waals surface area contributed by atoms with Gasteiger partial charge in [-0.3, -0.25) is 4.57 Å². The lowest BCUT2D eigenvalue weighted by atomic mass is 10.0. The fourth-order valence-corrected chi connectivity index (χ4v) is 8.34. The summed E-state index contributed by atoms with van der Waals surface area (Å²) in [6.45, 7) is 2.08. The minimum Gasteiger partial charge on any atom is -0.463 e. The Morgan fingerprint density at radius 1 is 0.783 bits per heavy atom. The Bertz CT molecular complexity index is 2210. The van der Waals surface area contributed by atoms with Gasteiger partial charge in [-0.15, -0.1) is 11.3 Å². The Labute approximate surface area is 269 Å². The van der Waals surface area contributed by atoms with Gasteiger partial charge in [0.2, 0.25) is 6.23 Å². The number of nitrogens with one attached hydrogen (secondary N) is 4. The zero-order chi connectivity index (χ0) is 30.2. The monoisotopic (exact) mass is 624 g/mol. The van der Waals surface area contributed by atoms with E-state index in [1.165, 1.54) is 12.8 Å². The van der Waals surface area contributed by atoms with Crippen LogP contribution < -0.4 is 15.4 Å². The van der Waals surface area contributed by atoms with E-state index >= 15 is 0 Å². The number of aromatic nitrogens is 6. The first-order valence-electron chi connectivity index (χ1n) is 16.1. The molecule has 10 rings (SSSR count). The van der Waals surface area contributed by atoms with Gasteiger partial charge in [0.1, 0.15) is 17.4 Å². The molecule has 2 saturated heterocycles. The Morgan fingerprint density at radius 3 is 2.22 bits per heavy atom. The normalized spacial score (nSPS) is 20.7. The van der Waals surface area contributed by atoms with Crippen LogP contribution in [-0.4, -0.2) is 42.6 Å². The number of hydrogen-bond acceptors (Lipinski definition) is 7. The third kappa shape index (κ3) is 4.24. The predicted molar refractivity (Wildman–Crippen MR) is 181 cm³/mol. The van der Waals surface area contributed by atoms with Gasteiger partial charge in [0.15, 0.2) is 5.01 Å². The van der Waals surface area contributed by atoms with E-state index in [4.69, 9.17) is 19.7 Å². The Hall–Kier alpha value is -4.77. The highest BCUT2D eigenvalue weighted by molar-refractivity contribution is 7.18. The molecule has 7 heterocycles. The molecule has 4 aromatic heterocycles. The molecule has 0 aliphatic carbocycles. The summed E-state index contributed by atoms with van der Waals surface area (Å²) in [6.07, 6.45) is 8.08. The number of benzene rings is 3. The SMILES string of the molecule is c1ccc2sc(C3Oc4cc(-c5cnc([C@@H]6CCCN6)[nH]5)ccc4-c4cc5cc(-c6cnc([C@@H]7CCCN7)[nH]6)ccc5n43)nc2c1. The van der Waals surface area contributed by atoms with E-state index in [0.717, 1.165) is 103 Å². The van der Waals surface area contributed by atoms with E-state index in [-0.39, 0.29) is 0 Å². The zero-order valence-corrected chi connectivity index (χ0v) is 25.9. The molecule has 1 unspecified atom stereocenters. The molecule has 0 spiro atoms. The van der Waals surface area contributed by atoms with Crippen LogP contribution in [0.1, 0.15) is 60.7 Å². The second-order valence-electron chi connectivity index (χ2n) is 12.5. The highest BCUT2D eigenvalue weighted by Crippen LogP contribution is 2.47. The fourth-order valence-electron chi connectivity index (χ4n) is 7.35. The number of thiazole rings is 1. The van der Waals surface area contributed by atoms with Crippen molar-refractivity contribution in [2.24, 2.45) is 0 Å². The van der Waals surface area contributed by atoms with Crippen LogP contribution in [0.15, 0.2) is 79.1 Å². The summed E-state index contributed by atoms with van der Waals surface area (Å²) >= 11 is 1.69. The molecule has 0 bridgehead atoms. The van der Waals surface area contributed by atoms with Crippen molar-refractivity contribution in [2.75, 3.05) is 13.1 Å². The molecule has 46 heavy (non-hydrogen) atoms. The summed E-state index contributed by atoms with van der Waals surface area (Å²) in [5.74, 6) is 2.86. The highest BCUT2D eigenvalue weighted by Gasteiger charge is 2.32. The summed E-state index contributed by atoms with van der Waals surface area (Å²) in [4.78, 5) is 21.6. The lowest BCUT2D eigenvalue weighted by Crippen LogP contribution is -2.22. The molecule has 3 aliphatic rings. The topological polar surface area (TPSA) is 108 Å². The van der Waals surface area contributed by atoms with Crippen molar-refractivity contribution in [3.05, 3.63) is 95.8 Å². The molecule has 3 aromatic carbocycles. The van der Waals surface area contributed by atoms with Crippen LogP contribution in [0.4, 0.5) is 0 Å². The predicted octanol–water partition coefficient (Wildman–Crippen LogP) is 7.49. The second-order valence-corrected chi connectivity index (χ2v) is 13.6. The van der Waals surface area contributed by atoms with Gasteiger partial charge < -0.3 is 25.3 Å². The van der Waals surface area contributed by atoms with Gasteiger partial charge in [-0.2, -0.15) is 0 Å². The van der Waals surface area contributed by atoms with Crippen LogP contribution in [0.3, 0.4) is 0 Å². The van der Waals surface area contributed by atoms with Crippen molar-refractivity contribution in [2.45, 2.75) is 44.0 Å². The van der Waals surface area contributed by atoms with Crippen LogP contribution >= 0.6 is 11.3 Å². The lowest BCUT2D eigenvalue weighted by Gasteiger charge is -2.29. The van der Waals surface area contributed by atoms with Crippen molar-refractivity contribution < 1.29 is 4.74 Å². The summed E-state index contributed by atoms with van der Waals surface area (Å²) in [5, 5.41) is 9.16. The van der Waals surface area contributed by atoms with Crippen LogP contribution in [-0.2, 0) is 0 Å². The molecule has 7 aromatic rings. The van der Waals surface area contributed by atoms with Crippen molar-refractivity contribution in [1.82, 2.24) is 40.1 Å².